The van der Waals surface area contributed by atoms with Crippen LogP contribution in [0.2, 0.25) is 0 Å². The van der Waals surface area contributed by atoms with Crippen LogP contribution in [0.15, 0.2) is 53.7 Å². The van der Waals surface area contributed by atoms with Crippen LogP contribution in [-0.2, 0) is 11.3 Å². The van der Waals surface area contributed by atoms with Gasteiger partial charge >= 0.3 is 0 Å². The summed E-state index contributed by atoms with van der Waals surface area (Å²) >= 11 is 1.37. The number of nitrogens with one attached hydrogen (secondary N) is 1. The molecule has 0 saturated heterocycles. The molecule has 1 unspecified atom stereocenters. The maximum Gasteiger partial charge on any atom is 0.237 e. The number of carbonyl (C=O) groups excluding carboxylic acids is 1. The lowest BCUT2D eigenvalue weighted by molar-refractivity contribution is -0.115. The van der Waals surface area contributed by atoms with Gasteiger partial charge < -0.3 is 9.88 Å². The average Bonchev–Trinajstić information content (AvgIpc) is 3.00. The fraction of sp³-hybridized carbons (Fsp3) is 0.261. The molecule has 0 aliphatic carbocycles. The van der Waals surface area contributed by atoms with E-state index in [1.165, 1.54) is 28.2 Å². The molecule has 29 heavy (non-hydrogen) atoms. The summed E-state index contributed by atoms with van der Waals surface area (Å²) in [5, 5.41) is 5.73. The summed E-state index contributed by atoms with van der Waals surface area (Å²) < 4.78 is 2.30. The van der Waals surface area contributed by atoms with Crippen LogP contribution in [0.4, 0.5) is 5.69 Å². The Bertz CT molecular complexity index is 1190. The number of hydrogen-bond acceptors (Lipinski definition) is 4. The van der Waals surface area contributed by atoms with Crippen LogP contribution in [0.5, 0.6) is 0 Å². The number of carbonyl (C=O) groups is 1. The van der Waals surface area contributed by atoms with Gasteiger partial charge in [0.2, 0.25) is 5.91 Å². The number of anilines is 1. The van der Waals surface area contributed by atoms with Crippen LogP contribution >= 0.6 is 11.8 Å². The molecule has 4 rings (SSSR count). The minimum absolute atomic E-state index is 0.0589. The van der Waals surface area contributed by atoms with Gasteiger partial charge in [0.1, 0.15) is 0 Å². The molecule has 0 saturated carbocycles. The van der Waals surface area contributed by atoms with Crippen LogP contribution < -0.4 is 5.32 Å². The Morgan fingerprint density at radius 3 is 2.45 bits per heavy atom. The van der Waals surface area contributed by atoms with Gasteiger partial charge in [-0.25, -0.2) is 9.97 Å². The van der Waals surface area contributed by atoms with Crippen molar-refractivity contribution in [3.05, 3.63) is 59.9 Å². The van der Waals surface area contributed by atoms with Gasteiger partial charge in [-0.2, -0.15) is 0 Å². The summed E-state index contributed by atoms with van der Waals surface area (Å²) in [4.78, 5) is 21.6. The highest BCUT2D eigenvalue weighted by Crippen LogP contribution is 2.31. The Kier molecular flexibility index (Phi) is 5.28. The van der Waals surface area contributed by atoms with Crippen LogP contribution in [0.1, 0.15) is 25.2 Å². The smallest absolute Gasteiger partial charge is 0.237 e. The zero-order valence-electron chi connectivity index (χ0n) is 17.1. The quantitative estimate of drug-likeness (QED) is 0.360. The average molecular weight is 405 g/mol. The summed E-state index contributed by atoms with van der Waals surface area (Å²) in [7, 11) is 0. The first-order valence-electron chi connectivity index (χ1n) is 9.77. The largest absolute Gasteiger partial charge is 0.341 e. The first-order valence-corrected chi connectivity index (χ1v) is 10.6. The lowest BCUT2D eigenvalue weighted by Crippen LogP contribution is -2.22. The molecule has 148 valence electrons. The standard InChI is InChI=1S/C23H24N4OS/c1-5-27-20-9-7-6-8-18(20)19-13-17(10-11-21(19)27)26-22(28)16(4)29-23-24-14(2)12-15(3)25-23/h6-13,16H,5H2,1-4H3,(H,26,28). The van der Waals surface area contributed by atoms with E-state index in [1.54, 1.807) is 0 Å². The summed E-state index contributed by atoms with van der Waals surface area (Å²) in [5.74, 6) is -0.0589. The molecule has 0 spiro atoms. The number of aryl methyl sites for hydroxylation is 3. The van der Waals surface area contributed by atoms with Crippen molar-refractivity contribution >= 4 is 45.2 Å². The Labute approximate surface area is 174 Å². The molecule has 6 heteroatoms. The zero-order valence-corrected chi connectivity index (χ0v) is 17.9. The van der Waals surface area contributed by atoms with E-state index in [0.717, 1.165) is 29.0 Å². The normalized spacial score (nSPS) is 12.4. The van der Waals surface area contributed by atoms with E-state index < -0.39 is 0 Å². The molecule has 1 atom stereocenters. The van der Waals surface area contributed by atoms with Crippen molar-refractivity contribution in [1.82, 2.24) is 14.5 Å². The first-order chi connectivity index (χ1) is 14.0. The molecule has 1 amide bonds. The van der Waals surface area contributed by atoms with Crippen LogP contribution in [0.25, 0.3) is 21.8 Å². The molecule has 0 bridgehead atoms. The van der Waals surface area contributed by atoms with Gasteiger partial charge in [-0.05, 0) is 58.0 Å². The van der Waals surface area contributed by atoms with Crippen molar-refractivity contribution in [2.24, 2.45) is 0 Å². The maximum atomic E-state index is 12.8. The van der Waals surface area contributed by atoms with Gasteiger partial charge in [0.05, 0.1) is 5.25 Å². The van der Waals surface area contributed by atoms with Gasteiger partial charge in [-0.15, -0.1) is 0 Å². The van der Waals surface area contributed by atoms with Crippen molar-refractivity contribution in [3.63, 3.8) is 0 Å². The van der Waals surface area contributed by atoms with E-state index in [1.807, 2.05) is 32.9 Å². The third kappa shape index (κ3) is 3.85. The van der Waals surface area contributed by atoms with Crippen LogP contribution in [0.3, 0.4) is 0 Å². The number of para-hydroxylation sites is 1. The van der Waals surface area contributed by atoms with Gasteiger partial charge in [-0.3, -0.25) is 4.79 Å². The molecule has 0 aliphatic rings. The van der Waals surface area contributed by atoms with Crippen molar-refractivity contribution in [2.75, 3.05) is 5.32 Å². The van der Waals surface area contributed by atoms with Crippen molar-refractivity contribution < 1.29 is 4.79 Å². The van der Waals surface area contributed by atoms with E-state index >= 15 is 0 Å². The predicted octanol–water partition coefficient (Wildman–Crippen LogP) is 5.34. The number of hydrogen-bond donors (Lipinski definition) is 1. The van der Waals surface area contributed by atoms with Crippen LogP contribution in [-0.4, -0.2) is 25.7 Å². The third-order valence-electron chi connectivity index (χ3n) is 4.97. The van der Waals surface area contributed by atoms with E-state index in [2.05, 4.69) is 63.2 Å². The van der Waals surface area contributed by atoms with Crippen molar-refractivity contribution in [2.45, 2.75) is 44.6 Å². The Hall–Kier alpha value is -2.86. The van der Waals surface area contributed by atoms with Crippen molar-refractivity contribution in [1.29, 1.82) is 0 Å². The fourth-order valence-corrected chi connectivity index (χ4v) is 4.55. The number of nitrogens with zero attached hydrogens (tertiary/aromatic N) is 3. The van der Waals surface area contributed by atoms with Gasteiger partial charge in [-0.1, -0.05) is 30.0 Å². The minimum Gasteiger partial charge on any atom is -0.341 e. The second kappa shape index (κ2) is 7.87. The van der Waals surface area contributed by atoms with Gasteiger partial charge in [0.15, 0.2) is 5.16 Å². The van der Waals surface area contributed by atoms with Crippen LogP contribution in [0, 0.1) is 13.8 Å². The topological polar surface area (TPSA) is 59.8 Å². The molecule has 0 fully saturated rings. The molecule has 2 aromatic carbocycles. The molecular weight excluding hydrogens is 380 g/mol. The number of fused-ring (bicyclic) bond motifs is 3. The predicted molar refractivity (Wildman–Crippen MR) is 121 cm³/mol. The lowest BCUT2D eigenvalue weighted by Gasteiger charge is -2.12. The summed E-state index contributed by atoms with van der Waals surface area (Å²) in [6.45, 7) is 8.80. The highest BCUT2D eigenvalue weighted by molar-refractivity contribution is 8.00. The van der Waals surface area contributed by atoms with E-state index in [0.29, 0.717) is 5.16 Å². The Morgan fingerprint density at radius 1 is 1.03 bits per heavy atom. The summed E-state index contributed by atoms with van der Waals surface area (Å²) in [6, 6.07) is 16.4. The molecular formula is C23H24N4OS. The Balaban J connectivity index is 1.58. The fourth-order valence-electron chi connectivity index (χ4n) is 3.67. The minimum atomic E-state index is -0.302. The van der Waals surface area contributed by atoms with Gasteiger partial charge in [0.25, 0.3) is 0 Å². The molecule has 4 aromatic rings. The van der Waals surface area contributed by atoms with E-state index in [4.69, 9.17) is 0 Å². The highest BCUT2D eigenvalue weighted by Gasteiger charge is 2.17. The number of aromatic nitrogens is 3. The summed E-state index contributed by atoms with van der Waals surface area (Å²) in [6.07, 6.45) is 0. The number of benzene rings is 2. The maximum absolute atomic E-state index is 12.8. The SMILES string of the molecule is CCn1c2ccccc2c2cc(NC(=O)C(C)Sc3nc(C)cc(C)n3)ccc21. The second-order valence-electron chi connectivity index (χ2n) is 7.18. The Morgan fingerprint density at radius 2 is 1.72 bits per heavy atom. The number of amides is 1. The van der Waals surface area contributed by atoms with E-state index in [9.17, 15) is 4.79 Å². The molecule has 0 radical (unpaired) electrons. The number of rotatable bonds is 5. The molecule has 1 N–H and O–H groups in total. The van der Waals surface area contributed by atoms with Gasteiger partial charge in [0, 0.05) is 45.4 Å². The molecule has 2 heterocycles. The summed E-state index contributed by atoms with van der Waals surface area (Å²) in [5.41, 5.74) is 5.01. The molecule has 2 aromatic heterocycles. The van der Waals surface area contributed by atoms with E-state index in [-0.39, 0.29) is 11.2 Å². The van der Waals surface area contributed by atoms with Crippen molar-refractivity contribution in [3.8, 4) is 0 Å². The zero-order chi connectivity index (χ0) is 20.5. The highest BCUT2D eigenvalue weighted by atomic mass is 32.2. The molecule has 0 aliphatic heterocycles. The monoisotopic (exact) mass is 404 g/mol. The molecule has 5 nitrogen and oxygen atoms in total. The lowest BCUT2D eigenvalue weighted by atomic mass is 10.1. The third-order valence-corrected chi connectivity index (χ3v) is 5.93. The second-order valence-corrected chi connectivity index (χ2v) is 8.48. The first kappa shape index (κ1) is 19.5. The number of thioether (sulfide) groups is 1.